The lowest BCUT2D eigenvalue weighted by molar-refractivity contribution is 1.17. The summed E-state index contributed by atoms with van der Waals surface area (Å²) in [5.41, 5.74) is 9.76. The molecule has 0 saturated carbocycles. The molecule has 38 heavy (non-hydrogen) atoms. The van der Waals surface area contributed by atoms with E-state index < -0.39 is 0 Å². The van der Waals surface area contributed by atoms with Crippen molar-refractivity contribution >= 4 is 59.9 Å². The van der Waals surface area contributed by atoms with Crippen LogP contribution in [0.3, 0.4) is 0 Å². The Morgan fingerprint density at radius 3 is 1.82 bits per heavy atom. The molecule has 3 heteroatoms. The topological polar surface area (TPSA) is 22.2 Å². The van der Waals surface area contributed by atoms with E-state index in [4.69, 9.17) is 0 Å². The maximum atomic E-state index is 4.46. The van der Waals surface area contributed by atoms with Crippen molar-refractivity contribution in [1.29, 1.82) is 0 Å². The van der Waals surface area contributed by atoms with E-state index in [-0.39, 0.29) is 0 Å². The summed E-state index contributed by atoms with van der Waals surface area (Å²) in [7, 11) is 0. The van der Waals surface area contributed by atoms with Crippen molar-refractivity contribution in [3.63, 3.8) is 0 Å². The highest BCUT2D eigenvalue weighted by Gasteiger charge is 2.19. The molecule has 0 aliphatic carbocycles. The number of benzene rings is 5. The van der Waals surface area contributed by atoms with Gasteiger partial charge in [-0.05, 0) is 65.7 Å². The fourth-order valence-corrected chi connectivity index (χ4v) is 6.52. The molecule has 5 aromatic carbocycles. The molecular weight excluding hydrogens is 462 g/mol. The first-order valence-electron chi connectivity index (χ1n) is 13.0. The average molecular weight is 484 g/mol. The molecule has 0 bridgehead atoms. The second kappa shape index (κ2) is 7.21. The second-order valence-corrected chi connectivity index (χ2v) is 10.1. The van der Waals surface area contributed by atoms with Crippen molar-refractivity contribution in [2.45, 2.75) is 0 Å². The number of hydrogen-bond donors (Lipinski definition) is 0. The largest absolute Gasteiger partial charge is 0.308 e. The molecule has 3 nitrogen and oxygen atoms in total. The van der Waals surface area contributed by atoms with Gasteiger partial charge in [-0.15, -0.1) is 0 Å². The molecular formula is C35H21N3. The molecule has 0 fully saturated rings. The van der Waals surface area contributed by atoms with Crippen LogP contribution in [0.25, 0.3) is 76.7 Å². The normalized spacial score (nSPS) is 12.2. The van der Waals surface area contributed by atoms with Crippen molar-refractivity contribution in [1.82, 2.24) is 14.0 Å². The predicted octanol–water partition coefficient (Wildman–Crippen LogP) is 9.00. The van der Waals surface area contributed by atoms with Crippen molar-refractivity contribution in [3.8, 4) is 16.8 Å². The van der Waals surface area contributed by atoms with E-state index in [1.165, 1.54) is 65.5 Å². The molecule has 9 rings (SSSR count). The maximum Gasteiger partial charge on any atom is 0.0724 e. The SMILES string of the molecule is c1ccc(-n2c3ccc(-c4cc5c6ccccc6n6c7ccccc7c(c4)c56)cc3c3ccncc32)cc1. The lowest BCUT2D eigenvalue weighted by atomic mass is 9.98. The van der Waals surface area contributed by atoms with Gasteiger partial charge in [-0.25, -0.2) is 0 Å². The molecule has 0 saturated heterocycles. The Balaban J connectivity index is 1.38. The van der Waals surface area contributed by atoms with Crippen LogP contribution >= 0.6 is 0 Å². The molecule has 9 aromatic rings. The Labute approximate surface area is 218 Å². The Kier molecular flexibility index (Phi) is 3.79. The number of pyridine rings is 1. The van der Waals surface area contributed by atoms with Crippen LogP contribution in [0.1, 0.15) is 0 Å². The summed E-state index contributed by atoms with van der Waals surface area (Å²) < 4.78 is 4.75. The first-order valence-corrected chi connectivity index (χ1v) is 13.0. The fraction of sp³-hybridized carbons (Fsp3) is 0. The van der Waals surface area contributed by atoms with Gasteiger partial charge in [0.2, 0.25) is 0 Å². The zero-order valence-electron chi connectivity index (χ0n) is 20.5. The van der Waals surface area contributed by atoms with E-state index in [1.54, 1.807) is 0 Å². The Bertz CT molecular complexity index is 2250. The minimum atomic E-state index is 1.12. The monoisotopic (exact) mass is 483 g/mol. The number of rotatable bonds is 2. The van der Waals surface area contributed by atoms with E-state index in [1.807, 2.05) is 12.4 Å². The molecule has 4 heterocycles. The predicted molar refractivity (Wildman–Crippen MR) is 159 cm³/mol. The maximum absolute atomic E-state index is 4.46. The minimum absolute atomic E-state index is 1.12. The van der Waals surface area contributed by atoms with E-state index in [0.29, 0.717) is 0 Å². The van der Waals surface area contributed by atoms with Crippen LogP contribution in [0.2, 0.25) is 0 Å². The van der Waals surface area contributed by atoms with Crippen LogP contribution in [0.5, 0.6) is 0 Å². The molecule has 0 aliphatic heterocycles. The van der Waals surface area contributed by atoms with E-state index in [2.05, 4.69) is 129 Å². The number of aromatic nitrogens is 3. The highest BCUT2D eigenvalue weighted by molar-refractivity contribution is 6.24. The van der Waals surface area contributed by atoms with E-state index in [0.717, 1.165) is 11.2 Å². The lowest BCUT2D eigenvalue weighted by Gasteiger charge is -2.08. The van der Waals surface area contributed by atoms with Gasteiger partial charge in [0.1, 0.15) is 0 Å². The van der Waals surface area contributed by atoms with Crippen molar-refractivity contribution in [2.75, 3.05) is 0 Å². The van der Waals surface area contributed by atoms with Gasteiger partial charge in [-0.3, -0.25) is 4.98 Å². The van der Waals surface area contributed by atoms with Crippen LogP contribution in [0.15, 0.2) is 128 Å². The number of fused-ring (bicyclic) bond motifs is 9. The van der Waals surface area contributed by atoms with Crippen molar-refractivity contribution in [3.05, 3.63) is 128 Å². The Morgan fingerprint density at radius 2 is 1.08 bits per heavy atom. The quantitative estimate of drug-likeness (QED) is 0.240. The molecule has 0 amide bonds. The first-order chi connectivity index (χ1) is 18.9. The molecule has 0 unspecified atom stereocenters. The number of nitrogens with zero attached hydrogens (tertiary/aromatic N) is 3. The van der Waals surface area contributed by atoms with Crippen LogP contribution in [0, 0.1) is 0 Å². The fourth-order valence-electron chi connectivity index (χ4n) is 6.52. The van der Waals surface area contributed by atoms with Crippen molar-refractivity contribution in [2.24, 2.45) is 0 Å². The summed E-state index contributed by atoms with van der Waals surface area (Å²) in [5.74, 6) is 0. The first kappa shape index (κ1) is 20.0. The summed E-state index contributed by atoms with van der Waals surface area (Å²) in [6, 6.07) is 41.8. The number of hydrogen-bond acceptors (Lipinski definition) is 1. The average Bonchev–Trinajstić information content (AvgIpc) is 3.62. The van der Waals surface area contributed by atoms with Gasteiger partial charge in [0.25, 0.3) is 0 Å². The molecule has 0 N–H and O–H groups in total. The van der Waals surface area contributed by atoms with Crippen LogP contribution in [-0.4, -0.2) is 14.0 Å². The van der Waals surface area contributed by atoms with Gasteiger partial charge < -0.3 is 8.97 Å². The van der Waals surface area contributed by atoms with Gasteiger partial charge in [-0.1, -0.05) is 60.7 Å². The summed E-state index contributed by atoms with van der Waals surface area (Å²) in [6.07, 6.45) is 3.86. The summed E-state index contributed by atoms with van der Waals surface area (Å²) in [6.45, 7) is 0. The van der Waals surface area contributed by atoms with E-state index >= 15 is 0 Å². The van der Waals surface area contributed by atoms with Crippen molar-refractivity contribution < 1.29 is 0 Å². The second-order valence-electron chi connectivity index (χ2n) is 10.1. The molecule has 0 atom stereocenters. The third-order valence-corrected chi connectivity index (χ3v) is 8.12. The lowest BCUT2D eigenvalue weighted by Crippen LogP contribution is -1.93. The van der Waals surface area contributed by atoms with Crippen LogP contribution in [-0.2, 0) is 0 Å². The summed E-state index contributed by atoms with van der Waals surface area (Å²) in [5, 5.41) is 7.66. The Hall–Kier alpha value is -5.15. The van der Waals surface area contributed by atoms with E-state index in [9.17, 15) is 0 Å². The van der Waals surface area contributed by atoms with Gasteiger partial charge >= 0.3 is 0 Å². The van der Waals surface area contributed by atoms with Gasteiger partial charge in [0.15, 0.2) is 0 Å². The third-order valence-electron chi connectivity index (χ3n) is 8.12. The zero-order valence-corrected chi connectivity index (χ0v) is 20.5. The highest BCUT2D eigenvalue weighted by atomic mass is 15.0. The molecule has 0 aliphatic rings. The minimum Gasteiger partial charge on any atom is -0.308 e. The Morgan fingerprint density at radius 1 is 0.447 bits per heavy atom. The van der Waals surface area contributed by atoms with Gasteiger partial charge in [-0.2, -0.15) is 0 Å². The standard InChI is InChI=1S/C35H21N3/c1-2-8-24(9-3-1)37-33-15-14-22(18-28(33)27-16-17-36-21-34(27)37)23-19-29-25-10-4-6-12-31(25)38-32-13-7-5-11-26(32)30(20-23)35(29)38/h1-21H. The highest BCUT2D eigenvalue weighted by Crippen LogP contribution is 2.42. The van der Waals surface area contributed by atoms with Gasteiger partial charge in [0, 0.05) is 44.2 Å². The third kappa shape index (κ3) is 2.50. The zero-order chi connectivity index (χ0) is 24.8. The molecule has 0 spiro atoms. The molecule has 176 valence electrons. The van der Waals surface area contributed by atoms with Gasteiger partial charge in [0.05, 0.1) is 33.8 Å². The smallest absolute Gasteiger partial charge is 0.0724 e. The summed E-state index contributed by atoms with van der Waals surface area (Å²) in [4.78, 5) is 4.46. The molecule has 0 radical (unpaired) electrons. The number of para-hydroxylation sites is 3. The van der Waals surface area contributed by atoms with Crippen LogP contribution in [0.4, 0.5) is 0 Å². The van der Waals surface area contributed by atoms with Crippen LogP contribution < -0.4 is 0 Å². The summed E-state index contributed by atoms with van der Waals surface area (Å²) >= 11 is 0. The molecule has 4 aromatic heterocycles.